The summed E-state index contributed by atoms with van der Waals surface area (Å²) in [4.78, 5) is 19.5. The van der Waals surface area contributed by atoms with Crippen molar-refractivity contribution in [3.63, 3.8) is 0 Å². The number of hydrogen-bond donors (Lipinski definition) is 2. The van der Waals surface area contributed by atoms with Gasteiger partial charge in [-0.15, -0.1) is 11.3 Å². The Balaban J connectivity index is 1.94. The zero-order valence-electron chi connectivity index (χ0n) is 9.85. The fourth-order valence-corrected chi connectivity index (χ4v) is 2.30. The van der Waals surface area contributed by atoms with E-state index in [9.17, 15) is 0 Å². The van der Waals surface area contributed by atoms with Gasteiger partial charge in [-0.2, -0.15) is 15.0 Å². The fraction of sp³-hybridized carbons (Fsp3) is 0.200. The van der Waals surface area contributed by atoms with Crippen LogP contribution in [0.2, 0.25) is 5.28 Å². The molecular weight excluding hydrogens is 288 g/mol. The molecule has 3 rings (SSSR count). The van der Waals surface area contributed by atoms with Crippen LogP contribution in [-0.4, -0.2) is 32.0 Å². The van der Waals surface area contributed by atoms with Gasteiger partial charge in [-0.25, -0.2) is 4.98 Å². The normalized spacial score (nSPS) is 10.8. The minimum absolute atomic E-state index is 0.139. The molecule has 3 aromatic heterocycles. The first-order valence-corrected chi connectivity index (χ1v) is 6.61. The molecule has 0 atom stereocenters. The van der Waals surface area contributed by atoms with Crippen molar-refractivity contribution in [2.24, 2.45) is 0 Å². The molecule has 0 aliphatic rings. The minimum atomic E-state index is 0.139. The standard InChI is InChI=1S/C10H9ClN6OS/c1-18-10-14-6-7(13-4-5-12-2-3-19-5)15-9(11)16-8(6)17-10/h2-3H,4H2,1H3,(H2,13,14,15,16,17). The molecule has 0 spiro atoms. The van der Waals surface area contributed by atoms with E-state index in [0.717, 1.165) is 5.01 Å². The van der Waals surface area contributed by atoms with Gasteiger partial charge in [-0.3, -0.25) is 4.98 Å². The van der Waals surface area contributed by atoms with Crippen molar-refractivity contribution in [2.75, 3.05) is 12.4 Å². The SMILES string of the molecule is COc1nc2c(NCc3nccs3)nc(Cl)nc2[nH]1. The Morgan fingerprint density at radius 1 is 1.42 bits per heavy atom. The molecule has 0 unspecified atom stereocenters. The van der Waals surface area contributed by atoms with E-state index in [1.807, 2.05) is 5.38 Å². The lowest BCUT2D eigenvalue weighted by atomic mass is 10.5. The number of thiazole rings is 1. The number of methoxy groups -OCH3 is 1. The van der Waals surface area contributed by atoms with Crippen LogP contribution in [0.4, 0.5) is 5.82 Å². The number of aromatic amines is 1. The zero-order chi connectivity index (χ0) is 13.2. The van der Waals surface area contributed by atoms with Gasteiger partial charge in [0.05, 0.1) is 13.7 Å². The van der Waals surface area contributed by atoms with Gasteiger partial charge in [0.25, 0.3) is 6.01 Å². The molecule has 7 nitrogen and oxygen atoms in total. The number of halogens is 1. The summed E-state index contributed by atoms with van der Waals surface area (Å²) in [6, 6.07) is 0.365. The van der Waals surface area contributed by atoms with Gasteiger partial charge in [-0.05, 0) is 11.6 Å². The minimum Gasteiger partial charge on any atom is -0.468 e. The van der Waals surface area contributed by atoms with Crippen LogP contribution in [0.1, 0.15) is 5.01 Å². The quantitative estimate of drug-likeness (QED) is 0.717. The molecule has 19 heavy (non-hydrogen) atoms. The summed E-state index contributed by atoms with van der Waals surface area (Å²) in [6.45, 7) is 0.551. The summed E-state index contributed by atoms with van der Waals surface area (Å²) in [6.07, 6.45) is 1.75. The molecule has 0 radical (unpaired) electrons. The summed E-state index contributed by atoms with van der Waals surface area (Å²) >= 11 is 7.43. The van der Waals surface area contributed by atoms with Crippen LogP contribution in [0.15, 0.2) is 11.6 Å². The van der Waals surface area contributed by atoms with Crippen molar-refractivity contribution in [2.45, 2.75) is 6.54 Å². The first kappa shape index (κ1) is 12.1. The number of anilines is 1. The Labute approximate surface area is 117 Å². The average molecular weight is 297 g/mol. The Morgan fingerprint density at radius 3 is 3.05 bits per heavy atom. The van der Waals surface area contributed by atoms with E-state index >= 15 is 0 Å². The van der Waals surface area contributed by atoms with Gasteiger partial charge in [0.15, 0.2) is 17.0 Å². The van der Waals surface area contributed by atoms with E-state index in [1.165, 1.54) is 7.11 Å². The molecule has 3 aromatic rings. The van der Waals surface area contributed by atoms with Gasteiger partial charge in [0.1, 0.15) is 5.01 Å². The highest BCUT2D eigenvalue weighted by atomic mass is 35.5. The number of imidazole rings is 1. The lowest BCUT2D eigenvalue weighted by Crippen LogP contribution is -2.02. The van der Waals surface area contributed by atoms with Gasteiger partial charge in [0, 0.05) is 11.6 Å². The van der Waals surface area contributed by atoms with Crippen LogP contribution in [0, 0.1) is 0 Å². The number of nitrogens with zero attached hydrogens (tertiary/aromatic N) is 4. The first-order valence-electron chi connectivity index (χ1n) is 5.36. The number of ether oxygens (including phenoxy) is 1. The maximum Gasteiger partial charge on any atom is 0.295 e. The predicted molar refractivity (Wildman–Crippen MR) is 72.7 cm³/mol. The Hall–Kier alpha value is -1.93. The summed E-state index contributed by atoms with van der Waals surface area (Å²) in [5.41, 5.74) is 1.11. The third-order valence-corrected chi connectivity index (χ3v) is 3.33. The van der Waals surface area contributed by atoms with E-state index in [4.69, 9.17) is 16.3 Å². The van der Waals surface area contributed by atoms with Gasteiger partial charge >= 0.3 is 0 Å². The average Bonchev–Trinajstić information content (AvgIpc) is 3.04. The second-order valence-electron chi connectivity index (χ2n) is 3.56. The van der Waals surface area contributed by atoms with Crippen molar-refractivity contribution < 1.29 is 4.74 Å². The summed E-state index contributed by atoms with van der Waals surface area (Å²) in [7, 11) is 1.52. The van der Waals surface area contributed by atoms with Crippen molar-refractivity contribution in [3.05, 3.63) is 21.9 Å². The van der Waals surface area contributed by atoms with Gasteiger partial charge in [0.2, 0.25) is 5.28 Å². The first-order chi connectivity index (χ1) is 9.26. The van der Waals surface area contributed by atoms with E-state index in [-0.39, 0.29) is 5.28 Å². The highest BCUT2D eigenvalue weighted by molar-refractivity contribution is 7.09. The molecule has 0 aliphatic carbocycles. The number of hydrogen-bond acceptors (Lipinski definition) is 7. The third-order valence-electron chi connectivity index (χ3n) is 2.38. The summed E-state index contributed by atoms with van der Waals surface area (Å²) < 4.78 is 5.03. The van der Waals surface area contributed by atoms with Crippen LogP contribution in [0.5, 0.6) is 6.01 Å². The highest BCUT2D eigenvalue weighted by Gasteiger charge is 2.12. The molecule has 0 saturated heterocycles. The second kappa shape index (κ2) is 4.98. The highest BCUT2D eigenvalue weighted by Crippen LogP contribution is 2.23. The van der Waals surface area contributed by atoms with Crippen molar-refractivity contribution in [1.82, 2.24) is 24.9 Å². The van der Waals surface area contributed by atoms with Crippen molar-refractivity contribution in [1.29, 1.82) is 0 Å². The molecule has 0 aliphatic heterocycles. The smallest absolute Gasteiger partial charge is 0.295 e. The van der Waals surface area contributed by atoms with E-state index in [2.05, 4.69) is 30.2 Å². The number of nitrogens with one attached hydrogen (secondary N) is 2. The van der Waals surface area contributed by atoms with Crippen molar-refractivity contribution in [3.8, 4) is 6.01 Å². The largest absolute Gasteiger partial charge is 0.468 e. The summed E-state index contributed by atoms with van der Waals surface area (Å²) in [5, 5.41) is 6.15. The molecule has 2 N–H and O–H groups in total. The Bertz CT molecular complexity index is 697. The predicted octanol–water partition coefficient (Wildman–Crippen LogP) is 2.08. The fourth-order valence-electron chi connectivity index (χ4n) is 1.57. The van der Waals surface area contributed by atoms with E-state index in [0.29, 0.717) is 29.5 Å². The number of rotatable bonds is 4. The molecule has 3 heterocycles. The molecule has 0 fully saturated rings. The molecular formula is C10H9ClN6OS. The van der Waals surface area contributed by atoms with Crippen LogP contribution < -0.4 is 10.1 Å². The van der Waals surface area contributed by atoms with E-state index < -0.39 is 0 Å². The van der Waals surface area contributed by atoms with Crippen LogP contribution >= 0.6 is 22.9 Å². The molecule has 0 saturated carbocycles. The molecule has 9 heteroatoms. The monoisotopic (exact) mass is 296 g/mol. The second-order valence-corrected chi connectivity index (χ2v) is 4.88. The van der Waals surface area contributed by atoms with Gasteiger partial charge < -0.3 is 10.1 Å². The third kappa shape index (κ3) is 2.45. The Morgan fingerprint density at radius 2 is 2.32 bits per heavy atom. The number of fused-ring (bicyclic) bond motifs is 1. The molecule has 0 aromatic carbocycles. The Kier molecular flexibility index (Phi) is 3.18. The zero-order valence-corrected chi connectivity index (χ0v) is 11.4. The summed E-state index contributed by atoms with van der Waals surface area (Å²) in [5.74, 6) is 0.546. The van der Waals surface area contributed by atoms with Crippen molar-refractivity contribution >= 4 is 39.9 Å². The topological polar surface area (TPSA) is 88.6 Å². The van der Waals surface area contributed by atoms with Crippen LogP contribution in [0.25, 0.3) is 11.2 Å². The molecule has 0 bridgehead atoms. The number of aromatic nitrogens is 5. The molecule has 0 amide bonds. The van der Waals surface area contributed by atoms with Gasteiger partial charge in [-0.1, -0.05) is 0 Å². The lowest BCUT2D eigenvalue weighted by Gasteiger charge is -2.03. The molecule has 98 valence electrons. The lowest BCUT2D eigenvalue weighted by molar-refractivity contribution is 0.386. The number of H-pyrrole nitrogens is 1. The maximum atomic E-state index is 5.87. The van der Waals surface area contributed by atoms with Crippen LogP contribution in [-0.2, 0) is 6.54 Å². The maximum absolute atomic E-state index is 5.87. The van der Waals surface area contributed by atoms with Crippen LogP contribution in [0.3, 0.4) is 0 Å². The van der Waals surface area contributed by atoms with E-state index in [1.54, 1.807) is 17.5 Å².